The highest BCUT2D eigenvalue weighted by Crippen LogP contribution is 2.28. The molecule has 5 heteroatoms. The highest BCUT2D eigenvalue weighted by atomic mass is 35.5. The van der Waals surface area contributed by atoms with Gasteiger partial charge in [0.2, 0.25) is 0 Å². The molecule has 0 N–H and O–H groups in total. The predicted octanol–water partition coefficient (Wildman–Crippen LogP) is 4.20. The second-order valence-electron chi connectivity index (χ2n) is 5.08. The van der Waals surface area contributed by atoms with E-state index in [1.165, 1.54) is 0 Å². The van der Waals surface area contributed by atoms with Gasteiger partial charge in [-0.1, -0.05) is 11.6 Å². The van der Waals surface area contributed by atoms with Gasteiger partial charge in [0.1, 0.15) is 5.69 Å². The second kappa shape index (κ2) is 5.19. The third kappa shape index (κ3) is 2.37. The number of hydrogen-bond acceptors (Lipinski definition) is 3. The number of nitriles is 1. The van der Waals surface area contributed by atoms with E-state index in [0.29, 0.717) is 10.6 Å². The van der Waals surface area contributed by atoms with Gasteiger partial charge in [0, 0.05) is 12.2 Å². The van der Waals surface area contributed by atoms with Gasteiger partial charge in [0.05, 0.1) is 27.7 Å². The number of halogens is 1. The molecule has 0 bridgehead atoms. The zero-order chi connectivity index (χ0) is 15.0. The maximum absolute atomic E-state index is 9.02. The molecule has 3 aromatic rings. The van der Waals surface area contributed by atoms with Crippen LogP contribution in [0.15, 0.2) is 36.5 Å². The van der Waals surface area contributed by atoms with Gasteiger partial charge < -0.3 is 4.57 Å². The molecule has 21 heavy (non-hydrogen) atoms. The Morgan fingerprint density at radius 2 is 2.05 bits per heavy atom. The SMILES string of the molecule is CC(C)n1c(-c2ccc(Cl)cn2)nc2cc(C#N)ccc21. The maximum atomic E-state index is 9.02. The van der Waals surface area contributed by atoms with E-state index in [2.05, 4.69) is 34.5 Å². The lowest BCUT2D eigenvalue weighted by molar-refractivity contribution is 0.623. The molecule has 2 heterocycles. The van der Waals surface area contributed by atoms with Crippen LogP contribution in [-0.2, 0) is 0 Å². The first kappa shape index (κ1) is 13.6. The molecule has 3 rings (SSSR count). The molecule has 0 aliphatic heterocycles. The van der Waals surface area contributed by atoms with Crippen LogP contribution in [0.3, 0.4) is 0 Å². The summed E-state index contributed by atoms with van der Waals surface area (Å²) in [5.41, 5.74) is 3.17. The average Bonchev–Trinajstić information content (AvgIpc) is 2.86. The minimum Gasteiger partial charge on any atom is -0.320 e. The molecule has 4 nitrogen and oxygen atoms in total. The lowest BCUT2D eigenvalue weighted by Crippen LogP contribution is -2.03. The summed E-state index contributed by atoms with van der Waals surface area (Å²) in [4.78, 5) is 9.00. The number of pyridine rings is 1. The molecule has 0 atom stereocenters. The fourth-order valence-corrected chi connectivity index (χ4v) is 2.49. The molecule has 0 radical (unpaired) electrons. The molecule has 0 aliphatic rings. The molecule has 0 saturated carbocycles. The van der Waals surface area contributed by atoms with Crippen LogP contribution in [0, 0.1) is 11.3 Å². The van der Waals surface area contributed by atoms with Crippen molar-refractivity contribution in [2.75, 3.05) is 0 Å². The van der Waals surface area contributed by atoms with Crippen molar-refractivity contribution in [2.45, 2.75) is 19.9 Å². The van der Waals surface area contributed by atoms with E-state index in [1.54, 1.807) is 18.3 Å². The topological polar surface area (TPSA) is 54.5 Å². The monoisotopic (exact) mass is 296 g/mol. The van der Waals surface area contributed by atoms with Crippen molar-refractivity contribution >= 4 is 22.6 Å². The van der Waals surface area contributed by atoms with Crippen LogP contribution in [0.5, 0.6) is 0 Å². The van der Waals surface area contributed by atoms with E-state index in [4.69, 9.17) is 16.9 Å². The lowest BCUT2D eigenvalue weighted by Gasteiger charge is -2.12. The Bertz CT molecular complexity index is 841. The van der Waals surface area contributed by atoms with E-state index in [0.717, 1.165) is 22.6 Å². The first-order chi connectivity index (χ1) is 10.1. The minimum atomic E-state index is 0.232. The van der Waals surface area contributed by atoms with Crippen LogP contribution in [0.1, 0.15) is 25.5 Å². The summed E-state index contributed by atoms with van der Waals surface area (Å²) in [6.45, 7) is 4.19. The summed E-state index contributed by atoms with van der Waals surface area (Å²) in [7, 11) is 0. The number of benzene rings is 1. The standard InChI is InChI=1S/C16H13ClN4/c1-10(2)21-15-6-3-11(8-18)7-14(15)20-16(21)13-5-4-12(17)9-19-13/h3-7,9-10H,1-2H3. The Morgan fingerprint density at radius 3 is 2.67 bits per heavy atom. The zero-order valence-corrected chi connectivity index (χ0v) is 12.5. The van der Waals surface area contributed by atoms with Crippen molar-refractivity contribution in [2.24, 2.45) is 0 Å². The highest BCUT2D eigenvalue weighted by Gasteiger charge is 2.16. The van der Waals surface area contributed by atoms with Crippen molar-refractivity contribution in [1.29, 1.82) is 5.26 Å². The molecule has 0 amide bonds. The molecule has 1 aromatic carbocycles. The van der Waals surface area contributed by atoms with Crippen LogP contribution >= 0.6 is 11.6 Å². The first-order valence-corrected chi connectivity index (χ1v) is 7.02. The normalized spacial score (nSPS) is 11.0. The second-order valence-corrected chi connectivity index (χ2v) is 5.51. The Hall–Kier alpha value is -2.38. The summed E-state index contributed by atoms with van der Waals surface area (Å²) >= 11 is 5.89. The van der Waals surface area contributed by atoms with E-state index in [1.807, 2.05) is 18.2 Å². The molecule has 0 fully saturated rings. The lowest BCUT2D eigenvalue weighted by atomic mass is 10.2. The van der Waals surface area contributed by atoms with E-state index >= 15 is 0 Å². The Labute approximate surface area is 127 Å². The smallest absolute Gasteiger partial charge is 0.160 e. The van der Waals surface area contributed by atoms with E-state index < -0.39 is 0 Å². The van der Waals surface area contributed by atoms with Crippen molar-refractivity contribution in [1.82, 2.24) is 14.5 Å². The quantitative estimate of drug-likeness (QED) is 0.712. The van der Waals surface area contributed by atoms with Gasteiger partial charge in [-0.2, -0.15) is 5.26 Å². The van der Waals surface area contributed by atoms with Crippen LogP contribution in [0.2, 0.25) is 5.02 Å². The first-order valence-electron chi connectivity index (χ1n) is 6.64. The number of hydrogen-bond donors (Lipinski definition) is 0. The van der Waals surface area contributed by atoms with Crippen LogP contribution in [-0.4, -0.2) is 14.5 Å². The molecule has 2 aromatic heterocycles. The van der Waals surface area contributed by atoms with E-state index in [-0.39, 0.29) is 6.04 Å². The Morgan fingerprint density at radius 1 is 1.24 bits per heavy atom. The summed E-state index contributed by atoms with van der Waals surface area (Å²) in [6.07, 6.45) is 1.61. The fourth-order valence-electron chi connectivity index (χ4n) is 2.38. The third-order valence-electron chi connectivity index (χ3n) is 3.29. The highest BCUT2D eigenvalue weighted by molar-refractivity contribution is 6.30. The minimum absolute atomic E-state index is 0.232. The Kier molecular flexibility index (Phi) is 3.36. The number of aromatic nitrogens is 3. The summed E-state index contributed by atoms with van der Waals surface area (Å²) in [6, 6.07) is 11.6. The maximum Gasteiger partial charge on any atom is 0.160 e. The molecule has 0 spiro atoms. The summed E-state index contributed by atoms with van der Waals surface area (Å²) in [5, 5.41) is 9.61. The van der Waals surface area contributed by atoms with Crippen molar-refractivity contribution in [3.63, 3.8) is 0 Å². The largest absolute Gasteiger partial charge is 0.320 e. The van der Waals surface area contributed by atoms with Gasteiger partial charge in [0.25, 0.3) is 0 Å². The van der Waals surface area contributed by atoms with Crippen LogP contribution in [0.4, 0.5) is 0 Å². The fraction of sp³-hybridized carbons (Fsp3) is 0.188. The summed E-state index contributed by atoms with van der Waals surface area (Å²) < 4.78 is 2.12. The molecule has 0 unspecified atom stereocenters. The Balaban J connectivity index is 2.28. The number of imidazole rings is 1. The van der Waals surface area contributed by atoms with Gasteiger partial charge in [-0.05, 0) is 44.2 Å². The summed E-state index contributed by atoms with van der Waals surface area (Å²) in [5.74, 6) is 0.784. The van der Waals surface area contributed by atoms with Crippen LogP contribution in [0.25, 0.3) is 22.6 Å². The molecular formula is C16H13ClN4. The number of fused-ring (bicyclic) bond motifs is 1. The van der Waals surface area contributed by atoms with Gasteiger partial charge >= 0.3 is 0 Å². The third-order valence-corrected chi connectivity index (χ3v) is 3.52. The number of rotatable bonds is 2. The molecule has 104 valence electrons. The van der Waals surface area contributed by atoms with Crippen molar-refractivity contribution in [3.8, 4) is 17.6 Å². The van der Waals surface area contributed by atoms with Crippen LogP contribution < -0.4 is 0 Å². The number of nitrogens with zero attached hydrogens (tertiary/aromatic N) is 4. The van der Waals surface area contributed by atoms with Gasteiger partial charge in [-0.15, -0.1) is 0 Å². The van der Waals surface area contributed by atoms with Gasteiger partial charge in [-0.25, -0.2) is 4.98 Å². The molecule has 0 aliphatic carbocycles. The van der Waals surface area contributed by atoms with Gasteiger partial charge in [0.15, 0.2) is 5.82 Å². The zero-order valence-electron chi connectivity index (χ0n) is 11.7. The predicted molar refractivity (Wildman–Crippen MR) is 83.1 cm³/mol. The molecular weight excluding hydrogens is 284 g/mol. The van der Waals surface area contributed by atoms with Gasteiger partial charge in [-0.3, -0.25) is 4.98 Å². The molecule has 0 saturated heterocycles. The van der Waals surface area contributed by atoms with Crippen molar-refractivity contribution < 1.29 is 0 Å². The van der Waals surface area contributed by atoms with Crippen molar-refractivity contribution in [3.05, 3.63) is 47.1 Å². The average molecular weight is 297 g/mol. The van der Waals surface area contributed by atoms with E-state index in [9.17, 15) is 0 Å².